The maximum Gasteiger partial charge on any atom is 0.0781 e. The summed E-state index contributed by atoms with van der Waals surface area (Å²) in [7, 11) is 0. The van der Waals surface area contributed by atoms with Gasteiger partial charge in [0.15, 0.2) is 0 Å². The summed E-state index contributed by atoms with van der Waals surface area (Å²) in [5, 5.41) is 5.36. The number of rotatable bonds is 4. The standard InChI is InChI=1S/C11H16Br2N2/c1-8(2)15-11(10(13)7-14-15)9(3)5-4-6-12/h5,7-8H,4,6H2,1-3H3. The van der Waals surface area contributed by atoms with E-state index in [0.717, 1.165) is 16.2 Å². The van der Waals surface area contributed by atoms with Crippen LogP contribution in [0.25, 0.3) is 5.57 Å². The Kier molecular flexibility index (Phi) is 5.06. The van der Waals surface area contributed by atoms with E-state index in [2.05, 4.69) is 63.8 Å². The number of aromatic nitrogens is 2. The summed E-state index contributed by atoms with van der Waals surface area (Å²) in [5.41, 5.74) is 2.46. The highest BCUT2D eigenvalue weighted by molar-refractivity contribution is 9.10. The molecule has 0 spiro atoms. The van der Waals surface area contributed by atoms with Crippen molar-refractivity contribution in [3.05, 3.63) is 22.4 Å². The van der Waals surface area contributed by atoms with Crippen LogP contribution < -0.4 is 0 Å². The fourth-order valence-electron chi connectivity index (χ4n) is 1.47. The quantitative estimate of drug-likeness (QED) is 0.745. The Labute approximate surface area is 108 Å². The minimum atomic E-state index is 0.388. The van der Waals surface area contributed by atoms with E-state index in [1.165, 1.54) is 11.3 Å². The third kappa shape index (κ3) is 3.18. The zero-order chi connectivity index (χ0) is 11.4. The van der Waals surface area contributed by atoms with Crippen molar-refractivity contribution in [3.63, 3.8) is 0 Å². The highest BCUT2D eigenvalue weighted by Crippen LogP contribution is 2.26. The molecule has 0 aromatic carbocycles. The van der Waals surface area contributed by atoms with Crippen LogP contribution in [0.4, 0.5) is 0 Å². The maximum absolute atomic E-state index is 4.36. The first-order chi connectivity index (χ1) is 7.07. The minimum absolute atomic E-state index is 0.388. The fraction of sp³-hybridized carbons (Fsp3) is 0.545. The average molecular weight is 336 g/mol. The Morgan fingerprint density at radius 3 is 2.80 bits per heavy atom. The van der Waals surface area contributed by atoms with E-state index < -0.39 is 0 Å². The summed E-state index contributed by atoms with van der Waals surface area (Å²) in [6, 6.07) is 0.388. The molecule has 0 fully saturated rings. The fourth-order valence-corrected chi connectivity index (χ4v) is 2.28. The largest absolute Gasteiger partial charge is 0.262 e. The number of hydrogen-bond donors (Lipinski definition) is 0. The SMILES string of the molecule is CC(=CCCBr)c1c(Br)cnn1C(C)C. The van der Waals surface area contributed by atoms with Crippen molar-refractivity contribution in [2.24, 2.45) is 0 Å². The van der Waals surface area contributed by atoms with Crippen LogP contribution in [0.1, 0.15) is 38.9 Å². The van der Waals surface area contributed by atoms with Gasteiger partial charge in [0.05, 0.1) is 16.4 Å². The number of alkyl halides is 1. The van der Waals surface area contributed by atoms with Crippen LogP contribution in [0.2, 0.25) is 0 Å². The molecule has 4 heteroatoms. The predicted molar refractivity (Wildman–Crippen MR) is 72.4 cm³/mol. The van der Waals surface area contributed by atoms with Gasteiger partial charge in [-0.1, -0.05) is 22.0 Å². The van der Waals surface area contributed by atoms with Gasteiger partial charge >= 0.3 is 0 Å². The van der Waals surface area contributed by atoms with Crippen LogP contribution in [-0.4, -0.2) is 15.1 Å². The second-order valence-electron chi connectivity index (χ2n) is 3.74. The summed E-state index contributed by atoms with van der Waals surface area (Å²) < 4.78 is 3.11. The molecule has 0 saturated heterocycles. The average Bonchev–Trinajstić information content (AvgIpc) is 2.56. The van der Waals surface area contributed by atoms with Gasteiger partial charge in [-0.25, -0.2) is 0 Å². The number of hydrogen-bond acceptors (Lipinski definition) is 1. The van der Waals surface area contributed by atoms with Crippen LogP contribution in [0.3, 0.4) is 0 Å². The molecule has 1 aromatic rings. The van der Waals surface area contributed by atoms with Crippen LogP contribution in [0.5, 0.6) is 0 Å². The Balaban J connectivity index is 3.06. The van der Waals surface area contributed by atoms with Crippen LogP contribution in [-0.2, 0) is 0 Å². The van der Waals surface area contributed by atoms with E-state index in [1.807, 2.05) is 10.9 Å². The molecule has 0 N–H and O–H groups in total. The zero-order valence-electron chi connectivity index (χ0n) is 9.30. The van der Waals surface area contributed by atoms with Gasteiger partial charge in [0, 0.05) is 11.4 Å². The van der Waals surface area contributed by atoms with Crippen molar-refractivity contribution < 1.29 is 0 Å². The summed E-state index contributed by atoms with van der Waals surface area (Å²) in [6.45, 7) is 6.41. The molecule has 0 bridgehead atoms. The molecule has 0 aliphatic rings. The van der Waals surface area contributed by atoms with E-state index in [-0.39, 0.29) is 0 Å². The van der Waals surface area contributed by atoms with Crippen molar-refractivity contribution in [1.82, 2.24) is 9.78 Å². The Bertz CT molecular complexity index is 353. The van der Waals surface area contributed by atoms with Gasteiger partial charge in [-0.05, 0) is 48.7 Å². The molecule has 0 saturated carbocycles. The van der Waals surface area contributed by atoms with E-state index in [9.17, 15) is 0 Å². The predicted octanol–water partition coefficient (Wildman–Crippen LogP) is 4.41. The molecule has 15 heavy (non-hydrogen) atoms. The summed E-state index contributed by atoms with van der Waals surface area (Å²) in [4.78, 5) is 0. The molecule has 0 atom stereocenters. The van der Waals surface area contributed by atoms with Gasteiger partial charge in [0.25, 0.3) is 0 Å². The topological polar surface area (TPSA) is 17.8 Å². The lowest BCUT2D eigenvalue weighted by Crippen LogP contribution is -2.06. The molecule has 0 radical (unpaired) electrons. The van der Waals surface area contributed by atoms with Crippen molar-refractivity contribution in [1.29, 1.82) is 0 Å². The highest BCUT2D eigenvalue weighted by atomic mass is 79.9. The second-order valence-corrected chi connectivity index (χ2v) is 5.39. The first-order valence-electron chi connectivity index (χ1n) is 5.04. The van der Waals surface area contributed by atoms with Crippen LogP contribution in [0.15, 0.2) is 16.7 Å². The molecule has 0 aliphatic heterocycles. The third-order valence-electron chi connectivity index (χ3n) is 2.17. The van der Waals surface area contributed by atoms with Crippen molar-refractivity contribution in [2.45, 2.75) is 33.2 Å². The smallest absolute Gasteiger partial charge is 0.0781 e. The number of nitrogens with zero attached hydrogens (tertiary/aromatic N) is 2. The first kappa shape index (κ1) is 13.0. The molecule has 1 aromatic heterocycles. The van der Waals surface area contributed by atoms with Crippen LogP contribution >= 0.6 is 31.9 Å². The Morgan fingerprint density at radius 1 is 1.60 bits per heavy atom. The van der Waals surface area contributed by atoms with E-state index in [0.29, 0.717) is 6.04 Å². The number of allylic oxidation sites excluding steroid dienone is 2. The highest BCUT2D eigenvalue weighted by Gasteiger charge is 2.12. The lowest BCUT2D eigenvalue weighted by atomic mass is 10.2. The van der Waals surface area contributed by atoms with Gasteiger partial charge in [-0.15, -0.1) is 0 Å². The number of halogens is 2. The first-order valence-corrected chi connectivity index (χ1v) is 6.95. The maximum atomic E-state index is 4.36. The second kappa shape index (κ2) is 5.85. The molecule has 0 amide bonds. The van der Waals surface area contributed by atoms with Gasteiger partial charge in [-0.3, -0.25) is 4.68 Å². The summed E-state index contributed by atoms with van der Waals surface area (Å²) in [6.07, 6.45) is 5.14. The lowest BCUT2D eigenvalue weighted by molar-refractivity contribution is 0.526. The molecule has 2 nitrogen and oxygen atoms in total. The van der Waals surface area contributed by atoms with E-state index in [4.69, 9.17) is 0 Å². The minimum Gasteiger partial charge on any atom is -0.262 e. The monoisotopic (exact) mass is 334 g/mol. The normalized spacial score (nSPS) is 12.5. The molecule has 1 heterocycles. The third-order valence-corrected chi connectivity index (χ3v) is 3.21. The molecular formula is C11H16Br2N2. The van der Waals surface area contributed by atoms with Crippen LogP contribution in [0, 0.1) is 0 Å². The van der Waals surface area contributed by atoms with Crippen molar-refractivity contribution in [3.8, 4) is 0 Å². The van der Waals surface area contributed by atoms with Gasteiger partial charge in [0.1, 0.15) is 0 Å². The molecule has 0 aliphatic carbocycles. The zero-order valence-corrected chi connectivity index (χ0v) is 12.5. The van der Waals surface area contributed by atoms with Gasteiger partial charge < -0.3 is 0 Å². The molecule has 84 valence electrons. The molecule has 1 rings (SSSR count). The van der Waals surface area contributed by atoms with E-state index in [1.54, 1.807) is 0 Å². The molecular weight excluding hydrogens is 320 g/mol. The van der Waals surface area contributed by atoms with Crippen molar-refractivity contribution >= 4 is 37.4 Å². The summed E-state index contributed by atoms with van der Waals surface area (Å²) >= 11 is 6.97. The van der Waals surface area contributed by atoms with Gasteiger partial charge in [-0.2, -0.15) is 5.10 Å². The van der Waals surface area contributed by atoms with E-state index >= 15 is 0 Å². The van der Waals surface area contributed by atoms with Gasteiger partial charge in [0.2, 0.25) is 0 Å². The Hall–Kier alpha value is -0.0900. The Morgan fingerprint density at radius 2 is 2.27 bits per heavy atom. The lowest BCUT2D eigenvalue weighted by Gasteiger charge is -2.11. The molecule has 0 unspecified atom stereocenters. The summed E-state index contributed by atoms with van der Waals surface area (Å²) in [5.74, 6) is 0. The van der Waals surface area contributed by atoms with Crippen molar-refractivity contribution in [2.75, 3.05) is 5.33 Å².